The molecule has 0 atom stereocenters. The molecule has 0 unspecified atom stereocenters. The number of hydrogen-bond donors (Lipinski definition) is 2. The zero-order chi connectivity index (χ0) is 16.8. The molecule has 1 aliphatic rings. The monoisotopic (exact) mass is 417 g/mol. The smallest absolute Gasteiger partial charge is 0.238 e. The van der Waals surface area contributed by atoms with E-state index in [1.54, 1.807) is 6.07 Å². The van der Waals surface area contributed by atoms with Crippen LogP contribution in [0.4, 0.5) is 5.69 Å². The van der Waals surface area contributed by atoms with Gasteiger partial charge in [0.1, 0.15) is 11.5 Å². The van der Waals surface area contributed by atoms with E-state index in [2.05, 4.69) is 15.5 Å². The average molecular weight is 419 g/mol. The molecule has 1 aliphatic heterocycles. The Hall–Kier alpha value is -1.50. The van der Waals surface area contributed by atoms with E-state index in [1.165, 1.54) is 0 Å². The maximum Gasteiger partial charge on any atom is 0.238 e. The first-order chi connectivity index (χ1) is 11.7. The number of rotatable bonds is 5. The Balaban J connectivity index is 0.00000169. The number of hydrogen-bond acceptors (Lipinski definition) is 4. The molecule has 0 saturated carbocycles. The number of nitrogens with zero attached hydrogens (tertiary/aromatic N) is 1. The predicted octanol–water partition coefficient (Wildman–Crippen LogP) is 3.82. The summed E-state index contributed by atoms with van der Waals surface area (Å²) in [5.74, 6) is 1.27. The Morgan fingerprint density at radius 3 is 2.38 bits per heavy atom. The Morgan fingerprint density at radius 1 is 1.08 bits per heavy atom. The number of anilines is 1. The van der Waals surface area contributed by atoms with Crippen molar-refractivity contribution in [3.63, 3.8) is 0 Å². The molecular formula is C18H22Cl3N3O2. The molecule has 1 saturated heterocycles. The summed E-state index contributed by atoms with van der Waals surface area (Å²) in [6, 6.07) is 14.6. The fourth-order valence-corrected chi connectivity index (χ4v) is 2.71. The van der Waals surface area contributed by atoms with Gasteiger partial charge in [-0.2, -0.15) is 0 Å². The van der Waals surface area contributed by atoms with Crippen molar-refractivity contribution in [2.45, 2.75) is 0 Å². The van der Waals surface area contributed by atoms with E-state index < -0.39 is 0 Å². The second-order valence-electron chi connectivity index (χ2n) is 5.63. The number of nitrogens with one attached hydrogen (secondary N) is 2. The largest absolute Gasteiger partial charge is 0.456 e. The van der Waals surface area contributed by atoms with E-state index >= 15 is 0 Å². The Bertz CT molecular complexity index is 692. The molecule has 2 aromatic carbocycles. The third kappa shape index (κ3) is 6.67. The molecule has 1 amide bonds. The van der Waals surface area contributed by atoms with Gasteiger partial charge < -0.3 is 15.4 Å². The molecule has 0 radical (unpaired) electrons. The Labute approximate surface area is 170 Å². The van der Waals surface area contributed by atoms with Gasteiger partial charge in [-0.15, -0.1) is 24.8 Å². The molecule has 0 aliphatic carbocycles. The van der Waals surface area contributed by atoms with Crippen molar-refractivity contribution in [3.05, 3.63) is 53.6 Å². The quantitative estimate of drug-likeness (QED) is 0.775. The van der Waals surface area contributed by atoms with Crippen LogP contribution in [0.3, 0.4) is 0 Å². The van der Waals surface area contributed by atoms with Gasteiger partial charge in [-0.1, -0.05) is 23.7 Å². The SMILES string of the molecule is Cl.Cl.O=C(CN1CCNCC1)Nc1ccc(Oc2ccccc2Cl)cc1. The summed E-state index contributed by atoms with van der Waals surface area (Å²) < 4.78 is 5.73. The highest BCUT2D eigenvalue weighted by molar-refractivity contribution is 6.32. The van der Waals surface area contributed by atoms with Gasteiger partial charge >= 0.3 is 0 Å². The summed E-state index contributed by atoms with van der Waals surface area (Å²) in [7, 11) is 0. The maximum absolute atomic E-state index is 12.1. The van der Waals surface area contributed by atoms with E-state index in [4.69, 9.17) is 16.3 Å². The summed E-state index contributed by atoms with van der Waals surface area (Å²) in [5.41, 5.74) is 0.752. The van der Waals surface area contributed by atoms with Gasteiger partial charge in [0, 0.05) is 31.9 Å². The number of ether oxygens (including phenoxy) is 1. The number of piperazine rings is 1. The lowest BCUT2D eigenvalue weighted by molar-refractivity contribution is -0.117. The van der Waals surface area contributed by atoms with Crippen molar-refractivity contribution in [2.75, 3.05) is 38.0 Å². The van der Waals surface area contributed by atoms with Gasteiger partial charge in [0.15, 0.2) is 0 Å². The molecule has 1 heterocycles. The molecule has 3 rings (SSSR count). The first-order valence-corrected chi connectivity index (χ1v) is 8.34. The number of carbonyl (C=O) groups is 1. The molecule has 0 aromatic heterocycles. The number of amides is 1. The highest BCUT2D eigenvalue weighted by Gasteiger charge is 2.13. The van der Waals surface area contributed by atoms with Crippen LogP contribution in [0.1, 0.15) is 0 Å². The summed E-state index contributed by atoms with van der Waals surface area (Å²) in [4.78, 5) is 14.2. The first-order valence-electron chi connectivity index (χ1n) is 7.96. The zero-order valence-corrected chi connectivity index (χ0v) is 16.5. The van der Waals surface area contributed by atoms with Crippen molar-refractivity contribution >= 4 is 48.0 Å². The topological polar surface area (TPSA) is 53.6 Å². The molecule has 5 nitrogen and oxygen atoms in total. The third-order valence-electron chi connectivity index (χ3n) is 3.78. The normalized spacial score (nSPS) is 13.9. The van der Waals surface area contributed by atoms with Crippen molar-refractivity contribution in [2.24, 2.45) is 0 Å². The second-order valence-corrected chi connectivity index (χ2v) is 6.04. The standard InChI is InChI=1S/C18H20ClN3O2.2ClH/c19-16-3-1-2-4-17(16)24-15-7-5-14(6-8-15)21-18(23)13-22-11-9-20-10-12-22;;/h1-8,20H,9-13H2,(H,21,23);2*1H. The van der Waals surface area contributed by atoms with E-state index in [0.717, 1.165) is 31.9 Å². The Morgan fingerprint density at radius 2 is 1.73 bits per heavy atom. The zero-order valence-electron chi connectivity index (χ0n) is 14.1. The van der Waals surface area contributed by atoms with Crippen LogP contribution < -0.4 is 15.4 Å². The van der Waals surface area contributed by atoms with Crippen molar-refractivity contribution in [1.82, 2.24) is 10.2 Å². The molecule has 1 fully saturated rings. The summed E-state index contributed by atoms with van der Waals surface area (Å²) >= 11 is 6.08. The van der Waals surface area contributed by atoms with Crippen LogP contribution in [0.5, 0.6) is 11.5 Å². The summed E-state index contributed by atoms with van der Waals surface area (Å²) in [6.07, 6.45) is 0. The molecule has 2 N–H and O–H groups in total. The fraction of sp³-hybridized carbons (Fsp3) is 0.278. The van der Waals surface area contributed by atoms with Gasteiger partial charge in [0.05, 0.1) is 11.6 Å². The van der Waals surface area contributed by atoms with Crippen LogP contribution in [0.2, 0.25) is 5.02 Å². The van der Waals surface area contributed by atoms with Crippen molar-refractivity contribution < 1.29 is 9.53 Å². The van der Waals surface area contributed by atoms with Crippen molar-refractivity contribution in [3.8, 4) is 11.5 Å². The first kappa shape index (κ1) is 22.5. The lowest BCUT2D eigenvalue weighted by Gasteiger charge is -2.26. The number of carbonyl (C=O) groups excluding carboxylic acids is 1. The van der Waals surface area contributed by atoms with Crippen LogP contribution in [-0.2, 0) is 4.79 Å². The highest BCUT2D eigenvalue weighted by Crippen LogP contribution is 2.29. The molecule has 2 aromatic rings. The minimum absolute atomic E-state index is 0. The number of para-hydroxylation sites is 1. The fourth-order valence-electron chi connectivity index (χ4n) is 2.53. The molecule has 142 valence electrons. The van der Waals surface area contributed by atoms with Gasteiger partial charge in [-0.25, -0.2) is 0 Å². The lowest BCUT2D eigenvalue weighted by atomic mass is 10.3. The van der Waals surface area contributed by atoms with Crippen LogP contribution in [0.25, 0.3) is 0 Å². The van der Waals surface area contributed by atoms with E-state index in [9.17, 15) is 4.79 Å². The third-order valence-corrected chi connectivity index (χ3v) is 4.09. The van der Waals surface area contributed by atoms with Gasteiger partial charge in [-0.05, 0) is 36.4 Å². The molecule has 0 bridgehead atoms. The molecule has 8 heteroatoms. The van der Waals surface area contributed by atoms with E-state index in [0.29, 0.717) is 23.1 Å². The van der Waals surface area contributed by atoms with E-state index in [1.807, 2.05) is 42.5 Å². The highest BCUT2D eigenvalue weighted by atomic mass is 35.5. The number of halogens is 3. The summed E-state index contributed by atoms with van der Waals surface area (Å²) in [6.45, 7) is 4.08. The van der Waals surface area contributed by atoms with Crippen LogP contribution in [-0.4, -0.2) is 43.5 Å². The van der Waals surface area contributed by atoms with Crippen LogP contribution in [0.15, 0.2) is 48.5 Å². The second kappa shape index (κ2) is 11.3. The van der Waals surface area contributed by atoms with Gasteiger partial charge in [-0.3, -0.25) is 9.69 Å². The minimum Gasteiger partial charge on any atom is -0.456 e. The van der Waals surface area contributed by atoms with Gasteiger partial charge in [0.25, 0.3) is 0 Å². The molecule has 26 heavy (non-hydrogen) atoms. The average Bonchev–Trinajstić information content (AvgIpc) is 2.59. The van der Waals surface area contributed by atoms with Crippen molar-refractivity contribution in [1.29, 1.82) is 0 Å². The van der Waals surface area contributed by atoms with Crippen LogP contribution >= 0.6 is 36.4 Å². The molecule has 0 spiro atoms. The van der Waals surface area contributed by atoms with Crippen LogP contribution in [0, 0.1) is 0 Å². The Kier molecular flexibility index (Phi) is 9.76. The summed E-state index contributed by atoms with van der Waals surface area (Å²) in [5, 5.41) is 6.74. The maximum atomic E-state index is 12.1. The van der Waals surface area contributed by atoms with Gasteiger partial charge in [0.2, 0.25) is 5.91 Å². The van der Waals surface area contributed by atoms with E-state index in [-0.39, 0.29) is 30.7 Å². The number of benzene rings is 2. The predicted molar refractivity (Wildman–Crippen MR) is 110 cm³/mol. The minimum atomic E-state index is -0.00308. The lowest BCUT2D eigenvalue weighted by Crippen LogP contribution is -2.46. The molecular weight excluding hydrogens is 397 g/mol.